The monoisotopic (exact) mass is 249 g/mol. The average molecular weight is 249 g/mol. The Hall–Kier alpha value is -2.01. The molecule has 0 saturated carbocycles. The van der Waals surface area contributed by atoms with Gasteiger partial charge in [0.1, 0.15) is 0 Å². The van der Waals surface area contributed by atoms with Gasteiger partial charge in [0.25, 0.3) is 0 Å². The Morgan fingerprint density at radius 1 is 1.47 bits per heavy atom. The highest BCUT2D eigenvalue weighted by Gasteiger charge is 2.16. The zero-order valence-corrected chi connectivity index (χ0v) is 9.95. The first-order chi connectivity index (χ1) is 8.13. The molecule has 88 valence electrons. The molecule has 0 aliphatic heterocycles. The molecule has 0 saturated heterocycles. The van der Waals surface area contributed by atoms with Crippen LogP contribution in [0.2, 0.25) is 0 Å². The van der Waals surface area contributed by atoms with Crippen molar-refractivity contribution in [3.8, 4) is 11.5 Å². The van der Waals surface area contributed by atoms with Gasteiger partial charge in [0.2, 0.25) is 5.78 Å². The number of phenols is 1. The number of hydrogen-bond donors (Lipinski definition) is 2. The van der Waals surface area contributed by atoms with Crippen LogP contribution in [0.15, 0.2) is 29.6 Å². The predicted octanol–water partition coefficient (Wildman–Crippen LogP) is 2.28. The van der Waals surface area contributed by atoms with E-state index in [1.165, 1.54) is 30.6 Å². The van der Waals surface area contributed by atoms with E-state index in [1.807, 2.05) is 5.38 Å². The van der Waals surface area contributed by atoms with Gasteiger partial charge in [-0.25, -0.2) is 0 Å². The third kappa shape index (κ3) is 2.09. The van der Waals surface area contributed by atoms with E-state index in [2.05, 4.69) is 0 Å². The van der Waals surface area contributed by atoms with Gasteiger partial charge in [0.15, 0.2) is 11.5 Å². The van der Waals surface area contributed by atoms with Crippen LogP contribution in [0, 0.1) is 0 Å². The maximum absolute atomic E-state index is 12.1. The molecule has 0 amide bonds. The van der Waals surface area contributed by atoms with Gasteiger partial charge in [-0.1, -0.05) is 6.07 Å². The number of ether oxygens (including phenoxy) is 1. The largest absolute Gasteiger partial charge is 0.504 e. The van der Waals surface area contributed by atoms with Gasteiger partial charge in [-0.15, -0.1) is 11.3 Å². The number of phenolic OH excluding ortho intramolecular Hbond substituents is 1. The lowest BCUT2D eigenvalue weighted by Crippen LogP contribution is -2.04. The quantitative estimate of drug-likeness (QED) is 0.497. The fraction of sp³-hybridized carbons (Fsp3) is 0.0833. The summed E-state index contributed by atoms with van der Waals surface area (Å²) in [4.78, 5) is 12.6. The molecular weight excluding hydrogens is 238 g/mol. The third-order valence-corrected chi connectivity index (χ3v) is 3.21. The van der Waals surface area contributed by atoms with Crippen molar-refractivity contribution < 1.29 is 14.6 Å². The highest BCUT2D eigenvalue weighted by atomic mass is 32.1. The Kier molecular flexibility index (Phi) is 3.01. The van der Waals surface area contributed by atoms with Crippen LogP contribution < -0.4 is 10.5 Å². The van der Waals surface area contributed by atoms with Crippen LogP contribution in [0.5, 0.6) is 11.5 Å². The molecule has 0 bridgehead atoms. The standard InChI is InChI=1S/C12H11NO3S/c1-16-10-6-8(13)7(5-9(10)14)12(15)11-3-2-4-17-11/h2-6,14H,13H2,1H3. The molecule has 5 heteroatoms. The molecule has 2 aromatic rings. The third-order valence-electron chi connectivity index (χ3n) is 2.34. The first-order valence-electron chi connectivity index (χ1n) is 4.88. The molecule has 0 unspecified atom stereocenters. The normalized spacial score (nSPS) is 10.2. The number of anilines is 1. The summed E-state index contributed by atoms with van der Waals surface area (Å²) in [5, 5.41) is 11.4. The summed E-state index contributed by atoms with van der Waals surface area (Å²) in [6, 6.07) is 6.28. The molecule has 3 N–H and O–H groups in total. The lowest BCUT2D eigenvalue weighted by atomic mass is 10.1. The number of rotatable bonds is 3. The van der Waals surface area contributed by atoms with E-state index in [9.17, 15) is 9.90 Å². The molecule has 0 aliphatic rings. The second-order valence-corrected chi connectivity index (χ2v) is 4.37. The van der Waals surface area contributed by atoms with Crippen molar-refractivity contribution in [2.45, 2.75) is 0 Å². The second kappa shape index (κ2) is 4.47. The molecule has 0 fully saturated rings. The summed E-state index contributed by atoms with van der Waals surface area (Å²) < 4.78 is 4.91. The van der Waals surface area contributed by atoms with E-state index in [-0.39, 0.29) is 28.5 Å². The minimum Gasteiger partial charge on any atom is -0.504 e. The van der Waals surface area contributed by atoms with Crippen LogP contribution in [0.4, 0.5) is 5.69 Å². The predicted molar refractivity (Wildman–Crippen MR) is 66.8 cm³/mol. The maximum atomic E-state index is 12.1. The Bertz CT molecular complexity index is 549. The first-order valence-corrected chi connectivity index (χ1v) is 5.76. The molecule has 0 spiro atoms. The minimum absolute atomic E-state index is 0.0957. The fourth-order valence-corrected chi connectivity index (χ4v) is 2.16. The summed E-state index contributed by atoms with van der Waals surface area (Å²) in [5.74, 6) is -0.0395. The number of aromatic hydroxyl groups is 1. The van der Waals surface area contributed by atoms with Crippen molar-refractivity contribution in [1.82, 2.24) is 0 Å². The van der Waals surface area contributed by atoms with Crippen molar-refractivity contribution in [2.75, 3.05) is 12.8 Å². The van der Waals surface area contributed by atoms with Gasteiger partial charge in [-0.2, -0.15) is 0 Å². The van der Waals surface area contributed by atoms with Crippen molar-refractivity contribution >= 4 is 22.8 Å². The van der Waals surface area contributed by atoms with Crippen molar-refractivity contribution in [1.29, 1.82) is 0 Å². The number of carbonyl (C=O) groups excluding carboxylic acids is 1. The van der Waals surface area contributed by atoms with Gasteiger partial charge in [0, 0.05) is 11.8 Å². The number of benzene rings is 1. The summed E-state index contributed by atoms with van der Waals surface area (Å²) in [6.07, 6.45) is 0. The molecule has 0 radical (unpaired) electrons. The number of thiophene rings is 1. The molecule has 1 aromatic heterocycles. The van der Waals surface area contributed by atoms with Gasteiger partial charge >= 0.3 is 0 Å². The molecular formula is C12H11NO3S. The average Bonchev–Trinajstić information content (AvgIpc) is 2.84. The van der Waals surface area contributed by atoms with E-state index in [1.54, 1.807) is 12.1 Å². The van der Waals surface area contributed by atoms with E-state index < -0.39 is 0 Å². The van der Waals surface area contributed by atoms with E-state index in [4.69, 9.17) is 10.5 Å². The van der Waals surface area contributed by atoms with E-state index >= 15 is 0 Å². The molecule has 4 nitrogen and oxygen atoms in total. The van der Waals surface area contributed by atoms with Crippen LogP contribution in [-0.2, 0) is 0 Å². The number of hydrogen-bond acceptors (Lipinski definition) is 5. The van der Waals surface area contributed by atoms with Crippen LogP contribution in [0.25, 0.3) is 0 Å². The summed E-state index contributed by atoms with van der Waals surface area (Å²) in [5.41, 5.74) is 6.34. The smallest absolute Gasteiger partial charge is 0.205 e. The van der Waals surface area contributed by atoms with Crippen molar-refractivity contribution in [2.24, 2.45) is 0 Å². The zero-order chi connectivity index (χ0) is 12.4. The van der Waals surface area contributed by atoms with Crippen molar-refractivity contribution in [3.05, 3.63) is 40.1 Å². The summed E-state index contributed by atoms with van der Waals surface area (Å²) >= 11 is 1.33. The summed E-state index contributed by atoms with van der Waals surface area (Å²) in [7, 11) is 1.43. The number of ketones is 1. The van der Waals surface area contributed by atoms with E-state index in [0.29, 0.717) is 4.88 Å². The Balaban J connectivity index is 2.46. The highest BCUT2D eigenvalue weighted by molar-refractivity contribution is 7.12. The van der Waals surface area contributed by atoms with E-state index in [0.717, 1.165) is 0 Å². The molecule has 1 aromatic carbocycles. The Morgan fingerprint density at radius 2 is 2.24 bits per heavy atom. The van der Waals surface area contributed by atoms with Crippen LogP contribution in [0.3, 0.4) is 0 Å². The van der Waals surface area contributed by atoms with Crippen LogP contribution >= 0.6 is 11.3 Å². The van der Waals surface area contributed by atoms with Crippen molar-refractivity contribution in [3.63, 3.8) is 0 Å². The zero-order valence-electron chi connectivity index (χ0n) is 9.14. The minimum atomic E-state index is -0.199. The van der Waals surface area contributed by atoms with Gasteiger partial charge in [-0.05, 0) is 17.5 Å². The molecule has 2 rings (SSSR count). The highest BCUT2D eigenvalue weighted by Crippen LogP contribution is 2.32. The molecule has 0 atom stereocenters. The second-order valence-electron chi connectivity index (χ2n) is 3.42. The number of nitrogen functional groups attached to an aromatic ring is 1. The first kappa shape index (κ1) is 11.5. The van der Waals surface area contributed by atoms with Crippen LogP contribution in [0.1, 0.15) is 15.2 Å². The van der Waals surface area contributed by atoms with Gasteiger partial charge in [0.05, 0.1) is 17.6 Å². The Labute approximate surface area is 102 Å². The lowest BCUT2D eigenvalue weighted by Gasteiger charge is -2.08. The number of carbonyl (C=O) groups is 1. The SMILES string of the molecule is COc1cc(N)c(C(=O)c2cccs2)cc1O. The van der Waals surface area contributed by atoms with Gasteiger partial charge in [-0.3, -0.25) is 4.79 Å². The summed E-state index contributed by atoms with van der Waals surface area (Å²) in [6.45, 7) is 0. The fourth-order valence-electron chi connectivity index (χ4n) is 1.48. The Morgan fingerprint density at radius 3 is 2.82 bits per heavy atom. The molecule has 17 heavy (non-hydrogen) atoms. The van der Waals surface area contributed by atoms with Crippen LogP contribution in [-0.4, -0.2) is 18.0 Å². The molecule has 0 aliphatic carbocycles. The number of methoxy groups -OCH3 is 1. The van der Waals surface area contributed by atoms with Gasteiger partial charge < -0.3 is 15.6 Å². The molecule has 1 heterocycles. The lowest BCUT2D eigenvalue weighted by molar-refractivity contribution is 0.104. The topological polar surface area (TPSA) is 72.5 Å². The maximum Gasteiger partial charge on any atom is 0.205 e. The number of nitrogens with two attached hydrogens (primary N) is 1.